The van der Waals surface area contributed by atoms with Crippen molar-refractivity contribution in [3.63, 3.8) is 0 Å². The van der Waals surface area contributed by atoms with E-state index in [9.17, 15) is 17.2 Å². The average Bonchev–Trinajstić information content (AvgIpc) is 2.75. The number of sulfonamides is 1. The molecule has 0 spiro atoms. The minimum atomic E-state index is -3.99. The van der Waals surface area contributed by atoms with Crippen LogP contribution >= 0.6 is 0 Å². The summed E-state index contributed by atoms with van der Waals surface area (Å²) in [6.45, 7) is 1.45. The molecule has 1 heterocycles. The minimum Gasteiger partial charge on any atom is -0.325 e. The number of nitrogens with one attached hydrogen (secondary N) is 2. The van der Waals surface area contributed by atoms with Crippen molar-refractivity contribution in [3.05, 3.63) is 41.2 Å². The lowest BCUT2D eigenvalue weighted by molar-refractivity contribution is 0.509. The number of rotatable bonds is 4. The molecule has 20 heavy (non-hydrogen) atoms. The van der Waals surface area contributed by atoms with Crippen LogP contribution in [0.4, 0.5) is 14.5 Å². The van der Waals surface area contributed by atoms with Gasteiger partial charge in [0, 0.05) is 12.6 Å². The first-order valence-electron chi connectivity index (χ1n) is 5.57. The molecule has 1 aromatic heterocycles. The Morgan fingerprint density at radius 2 is 2.05 bits per heavy atom. The number of hydrogen-bond acceptors (Lipinski definition) is 4. The number of aromatic nitrogens is 2. The molecule has 0 fully saturated rings. The number of hydrogen-bond donors (Lipinski definition) is 3. The van der Waals surface area contributed by atoms with Crippen LogP contribution in [0.25, 0.3) is 0 Å². The topological polar surface area (TPSA) is 101 Å². The molecule has 0 saturated heterocycles. The Bertz CT molecular complexity index is 743. The zero-order valence-electron chi connectivity index (χ0n) is 10.4. The van der Waals surface area contributed by atoms with Crippen LogP contribution in [0.2, 0.25) is 0 Å². The van der Waals surface area contributed by atoms with Crippen molar-refractivity contribution in [3.8, 4) is 0 Å². The minimum absolute atomic E-state index is 0.0711. The molecule has 9 heteroatoms. The summed E-state index contributed by atoms with van der Waals surface area (Å²) in [7, 11) is -3.99. The largest absolute Gasteiger partial charge is 0.325 e. The molecule has 2 aromatic rings. The smallest absolute Gasteiger partial charge is 0.265 e. The van der Waals surface area contributed by atoms with Crippen molar-refractivity contribution < 1.29 is 17.2 Å². The molecule has 0 atom stereocenters. The lowest BCUT2D eigenvalue weighted by atomic mass is 10.3. The summed E-state index contributed by atoms with van der Waals surface area (Å²) < 4.78 is 52.5. The molecular formula is C11H12F2N4O2S. The normalized spacial score (nSPS) is 11.6. The maximum atomic E-state index is 13.1. The van der Waals surface area contributed by atoms with Gasteiger partial charge < -0.3 is 5.73 Å². The molecule has 1 aromatic carbocycles. The molecule has 0 bridgehead atoms. The number of H-pyrrole nitrogens is 1. The molecular weight excluding hydrogens is 290 g/mol. The molecule has 108 valence electrons. The summed E-state index contributed by atoms with van der Waals surface area (Å²) in [6.07, 6.45) is 0. The van der Waals surface area contributed by atoms with Gasteiger partial charge in [0.1, 0.15) is 4.90 Å². The van der Waals surface area contributed by atoms with Crippen LogP contribution in [-0.4, -0.2) is 18.6 Å². The van der Waals surface area contributed by atoms with E-state index in [2.05, 4.69) is 14.9 Å². The van der Waals surface area contributed by atoms with Crippen LogP contribution in [0, 0.1) is 18.6 Å². The lowest BCUT2D eigenvalue weighted by Gasteiger charge is -2.09. The number of nitrogens with zero attached hydrogens (tertiary/aromatic N) is 1. The van der Waals surface area contributed by atoms with Crippen LogP contribution in [0.15, 0.2) is 23.1 Å². The molecule has 0 aliphatic rings. The molecule has 6 nitrogen and oxygen atoms in total. The van der Waals surface area contributed by atoms with E-state index in [1.165, 1.54) is 6.92 Å². The zero-order chi connectivity index (χ0) is 14.9. The lowest BCUT2D eigenvalue weighted by Crippen LogP contribution is -2.16. The number of aromatic amines is 1. The molecule has 4 N–H and O–H groups in total. The highest BCUT2D eigenvalue weighted by Crippen LogP contribution is 2.22. The Morgan fingerprint density at radius 3 is 2.65 bits per heavy atom. The molecule has 0 unspecified atom stereocenters. The fourth-order valence-corrected chi connectivity index (χ4v) is 3.16. The van der Waals surface area contributed by atoms with Gasteiger partial charge in [-0.3, -0.25) is 9.82 Å². The first-order valence-corrected chi connectivity index (χ1v) is 7.05. The van der Waals surface area contributed by atoms with Crippen LogP contribution in [0.5, 0.6) is 0 Å². The number of benzene rings is 1. The highest BCUT2D eigenvalue weighted by Gasteiger charge is 2.24. The van der Waals surface area contributed by atoms with E-state index < -0.39 is 21.7 Å². The predicted molar refractivity (Wildman–Crippen MR) is 68.4 cm³/mol. The van der Waals surface area contributed by atoms with E-state index in [-0.39, 0.29) is 22.8 Å². The zero-order valence-corrected chi connectivity index (χ0v) is 11.3. The van der Waals surface area contributed by atoms with Gasteiger partial charge in [0.15, 0.2) is 11.6 Å². The summed E-state index contributed by atoms with van der Waals surface area (Å²) in [5.41, 5.74) is 5.79. The summed E-state index contributed by atoms with van der Waals surface area (Å²) >= 11 is 0. The molecule has 0 amide bonds. The van der Waals surface area contributed by atoms with Gasteiger partial charge in [-0.1, -0.05) is 0 Å². The van der Waals surface area contributed by atoms with E-state index in [4.69, 9.17) is 5.73 Å². The number of halogens is 2. The highest BCUT2D eigenvalue weighted by molar-refractivity contribution is 7.92. The Morgan fingerprint density at radius 1 is 1.35 bits per heavy atom. The maximum Gasteiger partial charge on any atom is 0.265 e. The third-order valence-corrected chi connectivity index (χ3v) is 4.18. The Kier molecular flexibility index (Phi) is 3.73. The van der Waals surface area contributed by atoms with E-state index in [1.54, 1.807) is 0 Å². The number of nitrogens with two attached hydrogens (primary N) is 1. The summed E-state index contributed by atoms with van der Waals surface area (Å²) in [4.78, 5) is -0.0928. The van der Waals surface area contributed by atoms with Crippen LogP contribution < -0.4 is 10.5 Å². The van der Waals surface area contributed by atoms with E-state index in [1.807, 2.05) is 0 Å². The third-order valence-electron chi connectivity index (χ3n) is 2.60. The second kappa shape index (κ2) is 5.17. The standard InChI is InChI=1S/C11H12F2N4O2S/c1-6-11(10(5-14)16-15-6)20(18,19)17-7-2-3-8(12)9(13)4-7/h2-4,17H,5,14H2,1H3,(H,15,16). The maximum absolute atomic E-state index is 13.1. The molecule has 0 radical (unpaired) electrons. The second-order valence-electron chi connectivity index (χ2n) is 4.06. The van der Waals surface area contributed by atoms with Gasteiger partial charge in [-0.2, -0.15) is 5.10 Å². The van der Waals surface area contributed by atoms with Crippen molar-refractivity contribution >= 4 is 15.7 Å². The van der Waals surface area contributed by atoms with Crippen molar-refractivity contribution in [1.29, 1.82) is 0 Å². The monoisotopic (exact) mass is 302 g/mol. The van der Waals surface area contributed by atoms with E-state index >= 15 is 0 Å². The molecule has 0 saturated carbocycles. The summed E-state index contributed by atoms with van der Waals surface area (Å²) in [6, 6.07) is 2.71. The van der Waals surface area contributed by atoms with Gasteiger partial charge in [0.25, 0.3) is 10.0 Å². The van der Waals surface area contributed by atoms with Gasteiger partial charge in [-0.05, 0) is 19.1 Å². The van der Waals surface area contributed by atoms with Crippen molar-refractivity contribution in [2.24, 2.45) is 5.73 Å². The van der Waals surface area contributed by atoms with Crippen LogP contribution in [-0.2, 0) is 16.6 Å². The van der Waals surface area contributed by atoms with Gasteiger partial charge >= 0.3 is 0 Å². The SMILES string of the molecule is Cc1[nH]nc(CN)c1S(=O)(=O)Nc1ccc(F)c(F)c1. The van der Waals surface area contributed by atoms with Gasteiger partial charge in [0.05, 0.1) is 17.1 Å². The Balaban J connectivity index is 2.40. The Hall–Kier alpha value is -2.00. The van der Waals surface area contributed by atoms with Crippen molar-refractivity contribution in [1.82, 2.24) is 10.2 Å². The fourth-order valence-electron chi connectivity index (χ4n) is 1.73. The molecule has 2 rings (SSSR count). The number of anilines is 1. The first-order chi connectivity index (χ1) is 9.35. The van der Waals surface area contributed by atoms with E-state index in [0.29, 0.717) is 5.69 Å². The van der Waals surface area contributed by atoms with E-state index in [0.717, 1.165) is 18.2 Å². The number of aryl methyl sites for hydroxylation is 1. The Labute approximate surface area is 114 Å². The van der Waals surface area contributed by atoms with Crippen LogP contribution in [0.3, 0.4) is 0 Å². The highest BCUT2D eigenvalue weighted by atomic mass is 32.2. The first kappa shape index (κ1) is 14.4. The summed E-state index contributed by atoms with van der Waals surface area (Å²) in [5, 5.41) is 6.29. The van der Waals surface area contributed by atoms with Gasteiger partial charge in [-0.15, -0.1) is 0 Å². The van der Waals surface area contributed by atoms with Crippen molar-refractivity contribution in [2.45, 2.75) is 18.4 Å². The predicted octanol–water partition coefficient (Wildman–Crippen LogP) is 1.26. The summed E-state index contributed by atoms with van der Waals surface area (Å²) in [5.74, 6) is -2.21. The fraction of sp³-hybridized carbons (Fsp3) is 0.182. The molecule has 0 aliphatic carbocycles. The quantitative estimate of drug-likeness (QED) is 0.791. The van der Waals surface area contributed by atoms with Gasteiger partial charge in [0.2, 0.25) is 0 Å². The second-order valence-corrected chi connectivity index (χ2v) is 5.68. The van der Waals surface area contributed by atoms with Gasteiger partial charge in [-0.25, -0.2) is 17.2 Å². The third kappa shape index (κ3) is 2.63. The average molecular weight is 302 g/mol. The van der Waals surface area contributed by atoms with Crippen molar-refractivity contribution in [2.75, 3.05) is 4.72 Å². The molecule has 0 aliphatic heterocycles. The van der Waals surface area contributed by atoms with Crippen LogP contribution in [0.1, 0.15) is 11.4 Å².